The second-order valence-corrected chi connectivity index (χ2v) is 7.16. The fraction of sp³-hybridized carbons (Fsp3) is 0.130. The Kier molecular flexibility index (Phi) is 4.00. The Morgan fingerprint density at radius 2 is 2.00 bits per heavy atom. The normalized spacial score (nSPS) is 11.2. The van der Waals surface area contributed by atoms with Crippen molar-refractivity contribution >= 4 is 16.3 Å². The van der Waals surface area contributed by atoms with Crippen LogP contribution in [-0.4, -0.2) is 24.4 Å². The van der Waals surface area contributed by atoms with Crippen molar-refractivity contribution in [2.45, 2.75) is 13.3 Å². The molecule has 0 bridgehead atoms. The highest BCUT2D eigenvalue weighted by Crippen LogP contribution is 2.36. The zero-order valence-corrected chi connectivity index (χ0v) is 16.5. The molecule has 0 unspecified atom stereocenters. The zero-order valence-electron chi connectivity index (χ0n) is 16.5. The molecule has 1 aromatic carbocycles. The number of hydrogen-bond acceptors (Lipinski definition) is 4. The maximum Gasteiger partial charge on any atom is 0.272 e. The van der Waals surface area contributed by atoms with Gasteiger partial charge in [-0.3, -0.25) is 9.48 Å². The molecule has 0 atom stereocenters. The molecule has 0 saturated carbocycles. The van der Waals surface area contributed by atoms with E-state index in [0.717, 1.165) is 39.0 Å². The summed E-state index contributed by atoms with van der Waals surface area (Å²) >= 11 is 0. The van der Waals surface area contributed by atoms with Crippen molar-refractivity contribution in [3.8, 4) is 28.5 Å². The summed E-state index contributed by atoms with van der Waals surface area (Å²) in [5, 5.41) is 22.5. The smallest absolute Gasteiger partial charge is 0.272 e. The monoisotopic (exact) mass is 394 g/mol. The first kappa shape index (κ1) is 17.9. The summed E-state index contributed by atoms with van der Waals surface area (Å²) in [5.41, 5.74) is 5.63. The van der Waals surface area contributed by atoms with Crippen LogP contribution in [0.4, 0.5) is 0 Å². The first-order valence-electron chi connectivity index (χ1n) is 9.66. The van der Waals surface area contributed by atoms with Gasteiger partial charge in [0.2, 0.25) is 0 Å². The Balaban J connectivity index is 1.79. The summed E-state index contributed by atoms with van der Waals surface area (Å²) in [6.07, 6.45) is 4.39. The van der Waals surface area contributed by atoms with Crippen molar-refractivity contribution in [3.05, 3.63) is 76.6 Å². The first-order chi connectivity index (χ1) is 14.6. The van der Waals surface area contributed by atoms with E-state index in [9.17, 15) is 10.1 Å². The highest BCUT2D eigenvalue weighted by Gasteiger charge is 2.20. The Morgan fingerprint density at radius 3 is 2.80 bits per heavy atom. The van der Waals surface area contributed by atoms with Gasteiger partial charge < -0.3 is 4.40 Å². The fourth-order valence-corrected chi connectivity index (χ4v) is 4.04. The van der Waals surface area contributed by atoms with Crippen LogP contribution in [-0.2, 0) is 13.5 Å². The molecule has 0 aliphatic carbocycles. The van der Waals surface area contributed by atoms with Gasteiger partial charge in [-0.05, 0) is 42.3 Å². The third-order valence-corrected chi connectivity index (χ3v) is 5.49. The number of H-pyrrole nitrogens is 1. The van der Waals surface area contributed by atoms with Gasteiger partial charge in [0.15, 0.2) is 0 Å². The molecule has 5 aromatic rings. The second-order valence-electron chi connectivity index (χ2n) is 7.16. The molecule has 0 aliphatic rings. The molecule has 0 amide bonds. The van der Waals surface area contributed by atoms with Gasteiger partial charge >= 0.3 is 0 Å². The van der Waals surface area contributed by atoms with E-state index in [1.54, 1.807) is 10.9 Å². The summed E-state index contributed by atoms with van der Waals surface area (Å²) in [6, 6.07) is 15.9. The lowest BCUT2D eigenvalue weighted by atomic mass is 9.98. The predicted molar refractivity (Wildman–Crippen MR) is 115 cm³/mol. The van der Waals surface area contributed by atoms with Crippen molar-refractivity contribution in [1.29, 1.82) is 5.26 Å². The first-order valence-corrected chi connectivity index (χ1v) is 9.66. The van der Waals surface area contributed by atoms with Crippen LogP contribution in [0.3, 0.4) is 0 Å². The average molecular weight is 394 g/mol. The minimum absolute atomic E-state index is 0.203. The number of nitrogens with one attached hydrogen (secondary N) is 1. The quantitative estimate of drug-likeness (QED) is 0.505. The van der Waals surface area contributed by atoms with Crippen LogP contribution in [0.1, 0.15) is 18.3 Å². The molecular weight excluding hydrogens is 376 g/mol. The lowest BCUT2D eigenvalue weighted by Crippen LogP contribution is -2.10. The number of aromatic nitrogens is 5. The Hall–Kier alpha value is -4.18. The lowest BCUT2D eigenvalue weighted by Gasteiger charge is -2.08. The minimum Gasteiger partial charge on any atom is -0.308 e. The van der Waals surface area contributed by atoms with Gasteiger partial charge in [-0.1, -0.05) is 19.1 Å². The molecule has 4 heterocycles. The Labute approximate surface area is 171 Å². The molecule has 7 heteroatoms. The van der Waals surface area contributed by atoms with Gasteiger partial charge in [0.05, 0.1) is 23.0 Å². The number of fused-ring (bicyclic) bond motifs is 2. The third-order valence-electron chi connectivity index (χ3n) is 5.49. The highest BCUT2D eigenvalue weighted by molar-refractivity contribution is 5.92. The molecule has 7 nitrogen and oxygen atoms in total. The van der Waals surface area contributed by atoms with Gasteiger partial charge in [0.1, 0.15) is 11.8 Å². The zero-order chi connectivity index (χ0) is 20.8. The number of aryl methyl sites for hydroxylation is 2. The molecular formula is C23H18N6O. The SMILES string of the molecule is CCc1n[nH]c(=O)c2ccc(-c3cnn(C)c3-c3cc4ccccn4c3C#N)cc12. The van der Waals surface area contributed by atoms with E-state index in [1.165, 1.54) is 0 Å². The van der Waals surface area contributed by atoms with Crippen LogP contribution in [0.15, 0.2) is 59.7 Å². The molecule has 1 N–H and O–H groups in total. The van der Waals surface area contributed by atoms with E-state index in [0.29, 0.717) is 17.5 Å². The summed E-state index contributed by atoms with van der Waals surface area (Å²) in [4.78, 5) is 12.2. The van der Waals surface area contributed by atoms with Gasteiger partial charge in [-0.2, -0.15) is 15.5 Å². The van der Waals surface area contributed by atoms with Gasteiger partial charge in [0, 0.05) is 35.3 Å². The Morgan fingerprint density at radius 1 is 1.13 bits per heavy atom. The van der Waals surface area contributed by atoms with E-state index in [4.69, 9.17) is 0 Å². The molecule has 0 aliphatic heterocycles. The Bertz CT molecular complexity index is 1530. The van der Waals surface area contributed by atoms with Gasteiger partial charge in [-0.15, -0.1) is 0 Å². The second kappa shape index (κ2) is 6.71. The molecule has 30 heavy (non-hydrogen) atoms. The number of aromatic amines is 1. The van der Waals surface area contributed by atoms with E-state index in [2.05, 4.69) is 21.4 Å². The number of nitrogens with zero attached hydrogens (tertiary/aromatic N) is 5. The van der Waals surface area contributed by atoms with Gasteiger partial charge in [0.25, 0.3) is 5.56 Å². The van der Waals surface area contributed by atoms with Crippen molar-refractivity contribution in [2.75, 3.05) is 0 Å². The molecule has 4 aromatic heterocycles. The average Bonchev–Trinajstić information content (AvgIpc) is 3.33. The van der Waals surface area contributed by atoms with Crippen LogP contribution in [0.2, 0.25) is 0 Å². The maximum absolute atomic E-state index is 12.2. The van der Waals surface area contributed by atoms with Crippen molar-refractivity contribution in [3.63, 3.8) is 0 Å². The van der Waals surface area contributed by atoms with Crippen LogP contribution in [0.25, 0.3) is 38.7 Å². The number of pyridine rings is 1. The standard InChI is InChI=1S/C23H18N6O/c1-3-20-17-10-14(7-8-16(17)23(30)27-26-20)19-13-25-28(2)22(19)18-11-15-6-4-5-9-29(15)21(18)12-24/h4-11,13H,3H2,1-2H3,(H,27,30). The topological polar surface area (TPSA) is 91.8 Å². The van der Waals surface area contributed by atoms with E-state index in [-0.39, 0.29) is 5.56 Å². The van der Waals surface area contributed by atoms with E-state index in [1.807, 2.05) is 67.0 Å². The largest absolute Gasteiger partial charge is 0.308 e. The summed E-state index contributed by atoms with van der Waals surface area (Å²) in [7, 11) is 1.87. The van der Waals surface area contributed by atoms with Crippen LogP contribution in [0, 0.1) is 11.3 Å². The summed E-state index contributed by atoms with van der Waals surface area (Å²) in [5.74, 6) is 0. The van der Waals surface area contributed by atoms with Crippen LogP contribution < -0.4 is 5.56 Å². The molecule has 0 fully saturated rings. The molecule has 0 spiro atoms. The van der Waals surface area contributed by atoms with E-state index < -0.39 is 0 Å². The molecule has 5 rings (SSSR count). The van der Waals surface area contributed by atoms with Crippen LogP contribution >= 0.6 is 0 Å². The van der Waals surface area contributed by atoms with Crippen molar-refractivity contribution < 1.29 is 0 Å². The summed E-state index contributed by atoms with van der Waals surface area (Å²) in [6.45, 7) is 2.01. The minimum atomic E-state index is -0.203. The predicted octanol–water partition coefficient (Wildman–Crippen LogP) is 3.68. The van der Waals surface area contributed by atoms with E-state index >= 15 is 0 Å². The number of rotatable bonds is 3. The molecule has 146 valence electrons. The van der Waals surface area contributed by atoms with Crippen molar-refractivity contribution in [1.82, 2.24) is 24.4 Å². The fourth-order valence-electron chi connectivity index (χ4n) is 4.04. The number of nitriles is 1. The molecule has 0 saturated heterocycles. The lowest BCUT2D eigenvalue weighted by molar-refractivity contribution is 0.775. The number of hydrogen-bond donors (Lipinski definition) is 1. The number of benzene rings is 1. The van der Waals surface area contributed by atoms with Gasteiger partial charge in [-0.25, -0.2) is 5.10 Å². The maximum atomic E-state index is 12.2. The summed E-state index contributed by atoms with van der Waals surface area (Å²) < 4.78 is 3.66. The van der Waals surface area contributed by atoms with Crippen LogP contribution in [0.5, 0.6) is 0 Å². The third kappa shape index (κ3) is 2.54. The molecule has 0 radical (unpaired) electrons. The van der Waals surface area contributed by atoms with Crippen molar-refractivity contribution in [2.24, 2.45) is 7.05 Å². The highest BCUT2D eigenvalue weighted by atomic mass is 16.1.